The summed E-state index contributed by atoms with van der Waals surface area (Å²) in [5, 5.41) is 3.02. The summed E-state index contributed by atoms with van der Waals surface area (Å²) in [4.78, 5) is 23.1. The van der Waals surface area contributed by atoms with Gasteiger partial charge in [0, 0.05) is 26.0 Å². The van der Waals surface area contributed by atoms with Gasteiger partial charge in [0.1, 0.15) is 23.4 Å². The fraction of sp³-hybridized carbons (Fsp3) is 0.389. The molecule has 1 aliphatic rings. The molecule has 0 bridgehead atoms. The van der Waals surface area contributed by atoms with Crippen LogP contribution < -0.4 is 10.1 Å². The number of morpholine rings is 1. The Hall–Kier alpha value is -2.67. The molecule has 1 aliphatic heterocycles. The van der Waals surface area contributed by atoms with Crippen LogP contribution in [0.4, 0.5) is 5.82 Å². The van der Waals surface area contributed by atoms with Crippen molar-refractivity contribution in [3.8, 4) is 5.75 Å². The second-order valence-corrected chi connectivity index (χ2v) is 5.77. The SMILES string of the molecule is CNc1nccnc1C1CN(C(=O)Cc2cccc(OC)c2)CCO1. The highest BCUT2D eigenvalue weighted by atomic mass is 16.5. The predicted molar refractivity (Wildman–Crippen MR) is 93.5 cm³/mol. The van der Waals surface area contributed by atoms with E-state index in [9.17, 15) is 4.79 Å². The van der Waals surface area contributed by atoms with Crippen molar-refractivity contribution in [2.24, 2.45) is 0 Å². The molecule has 0 aliphatic carbocycles. The Kier molecular flexibility index (Phi) is 5.45. The summed E-state index contributed by atoms with van der Waals surface area (Å²) in [6.45, 7) is 1.53. The fourth-order valence-electron chi connectivity index (χ4n) is 2.89. The van der Waals surface area contributed by atoms with E-state index >= 15 is 0 Å². The molecule has 7 nitrogen and oxygen atoms in total. The van der Waals surface area contributed by atoms with E-state index in [4.69, 9.17) is 9.47 Å². The van der Waals surface area contributed by atoms with Gasteiger partial charge in [-0.2, -0.15) is 0 Å². The molecule has 0 spiro atoms. The van der Waals surface area contributed by atoms with Crippen molar-refractivity contribution in [2.75, 3.05) is 39.2 Å². The van der Waals surface area contributed by atoms with E-state index in [-0.39, 0.29) is 12.0 Å². The minimum Gasteiger partial charge on any atom is -0.497 e. The number of nitrogens with one attached hydrogen (secondary N) is 1. The van der Waals surface area contributed by atoms with Gasteiger partial charge in [0.05, 0.1) is 26.7 Å². The molecule has 1 atom stereocenters. The highest BCUT2D eigenvalue weighted by Gasteiger charge is 2.28. The molecule has 0 saturated carbocycles. The molecule has 132 valence electrons. The number of ether oxygens (including phenoxy) is 2. The Balaban J connectivity index is 1.69. The van der Waals surface area contributed by atoms with E-state index in [1.165, 1.54) is 0 Å². The standard InChI is InChI=1S/C18H22N4O3/c1-19-18-17(20-6-7-21-18)15-12-22(8-9-25-15)16(23)11-13-4-3-5-14(10-13)24-2/h3-7,10,15H,8-9,11-12H2,1-2H3,(H,19,21). The number of hydrogen-bond acceptors (Lipinski definition) is 6. The van der Waals surface area contributed by atoms with Crippen LogP contribution in [-0.2, 0) is 16.0 Å². The maximum absolute atomic E-state index is 12.7. The zero-order valence-corrected chi connectivity index (χ0v) is 14.4. The third kappa shape index (κ3) is 4.06. The monoisotopic (exact) mass is 342 g/mol. The lowest BCUT2D eigenvalue weighted by Crippen LogP contribution is -2.43. The first kappa shape index (κ1) is 17.2. The van der Waals surface area contributed by atoms with Crippen molar-refractivity contribution < 1.29 is 14.3 Å². The second kappa shape index (κ2) is 7.94. The lowest BCUT2D eigenvalue weighted by Gasteiger charge is -2.33. The molecule has 1 unspecified atom stereocenters. The topological polar surface area (TPSA) is 76.6 Å². The first-order valence-electron chi connectivity index (χ1n) is 8.22. The van der Waals surface area contributed by atoms with Crippen LogP contribution in [0.25, 0.3) is 0 Å². The fourth-order valence-corrected chi connectivity index (χ4v) is 2.89. The highest BCUT2D eigenvalue weighted by molar-refractivity contribution is 5.79. The zero-order chi connectivity index (χ0) is 17.6. The molecule has 1 N–H and O–H groups in total. The van der Waals surface area contributed by atoms with Crippen molar-refractivity contribution in [3.05, 3.63) is 47.9 Å². The normalized spacial score (nSPS) is 17.2. The molecule has 25 heavy (non-hydrogen) atoms. The average Bonchev–Trinajstić information content (AvgIpc) is 2.68. The number of carbonyl (C=O) groups is 1. The van der Waals surface area contributed by atoms with Crippen LogP contribution >= 0.6 is 0 Å². The molecule has 3 rings (SSSR count). The van der Waals surface area contributed by atoms with Crippen LogP contribution in [-0.4, -0.2) is 54.6 Å². The number of rotatable bonds is 5. The van der Waals surface area contributed by atoms with Crippen molar-refractivity contribution in [1.29, 1.82) is 0 Å². The Morgan fingerprint density at radius 3 is 3.04 bits per heavy atom. The summed E-state index contributed by atoms with van der Waals surface area (Å²) in [7, 11) is 3.41. The number of hydrogen-bond donors (Lipinski definition) is 1. The van der Waals surface area contributed by atoms with Gasteiger partial charge in [0.25, 0.3) is 0 Å². The van der Waals surface area contributed by atoms with Crippen LogP contribution in [0, 0.1) is 0 Å². The molecule has 1 fully saturated rings. The predicted octanol–water partition coefficient (Wildman–Crippen LogP) is 1.67. The van der Waals surface area contributed by atoms with Crippen molar-refractivity contribution >= 4 is 11.7 Å². The number of anilines is 1. The molecular weight excluding hydrogens is 320 g/mol. The molecule has 7 heteroatoms. The van der Waals surface area contributed by atoms with Gasteiger partial charge in [-0.1, -0.05) is 12.1 Å². The van der Waals surface area contributed by atoms with E-state index in [1.807, 2.05) is 29.2 Å². The minimum atomic E-state index is -0.279. The number of amides is 1. The van der Waals surface area contributed by atoms with Crippen molar-refractivity contribution in [3.63, 3.8) is 0 Å². The zero-order valence-electron chi connectivity index (χ0n) is 14.4. The largest absolute Gasteiger partial charge is 0.497 e. The van der Waals surface area contributed by atoms with Gasteiger partial charge in [0.2, 0.25) is 5.91 Å². The van der Waals surface area contributed by atoms with Crippen LogP contribution in [0.3, 0.4) is 0 Å². The highest BCUT2D eigenvalue weighted by Crippen LogP contribution is 2.25. The summed E-state index contributed by atoms with van der Waals surface area (Å²) in [5.74, 6) is 1.49. The summed E-state index contributed by atoms with van der Waals surface area (Å²) >= 11 is 0. The first-order valence-corrected chi connectivity index (χ1v) is 8.22. The van der Waals surface area contributed by atoms with Gasteiger partial charge in [0.15, 0.2) is 0 Å². The lowest BCUT2D eigenvalue weighted by molar-refractivity contribution is -0.138. The van der Waals surface area contributed by atoms with E-state index in [2.05, 4.69) is 15.3 Å². The Morgan fingerprint density at radius 2 is 2.24 bits per heavy atom. The van der Waals surface area contributed by atoms with Crippen LogP contribution in [0.5, 0.6) is 5.75 Å². The smallest absolute Gasteiger partial charge is 0.227 e. The van der Waals surface area contributed by atoms with Crippen LogP contribution in [0.2, 0.25) is 0 Å². The number of nitrogens with zero attached hydrogens (tertiary/aromatic N) is 3. The summed E-state index contributed by atoms with van der Waals surface area (Å²) in [6, 6.07) is 7.58. The van der Waals surface area contributed by atoms with Crippen molar-refractivity contribution in [2.45, 2.75) is 12.5 Å². The van der Waals surface area contributed by atoms with Crippen molar-refractivity contribution in [1.82, 2.24) is 14.9 Å². The van der Waals surface area contributed by atoms with Gasteiger partial charge >= 0.3 is 0 Å². The Labute approximate surface area is 147 Å². The molecule has 2 aromatic rings. The van der Waals surface area contributed by atoms with Gasteiger partial charge in [-0.3, -0.25) is 9.78 Å². The molecule has 1 aromatic carbocycles. The molecule has 2 heterocycles. The molecule has 1 saturated heterocycles. The molecule has 1 amide bonds. The van der Waals surface area contributed by atoms with Gasteiger partial charge in [-0.25, -0.2) is 4.98 Å². The van der Waals surface area contributed by atoms with Crippen LogP contribution in [0.1, 0.15) is 17.4 Å². The number of benzene rings is 1. The number of methoxy groups -OCH3 is 1. The maximum atomic E-state index is 12.7. The Morgan fingerprint density at radius 1 is 1.40 bits per heavy atom. The molecular formula is C18H22N4O3. The van der Waals surface area contributed by atoms with E-state index in [0.717, 1.165) is 17.0 Å². The Bertz CT molecular complexity index is 738. The molecule has 0 radical (unpaired) electrons. The third-order valence-electron chi connectivity index (χ3n) is 4.18. The summed E-state index contributed by atoms with van der Waals surface area (Å²) in [6.07, 6.45) is 3.32. The van der Waals surface area contributed by atoms with E-state index < -0.39 is 0 Å². The van der Waals surface area contributed by atoms with Gasteiger partial charge in [-0.05, 0) is 17.7 Å². The third-order valence-corrected chi connectivity index (χ3v) is 4.18. The van der Waals surface area contributed by atoms with E-state index in [0.29, 0.717) is 31.9 Å². The summed E-state index contributed by atoms with van der Waals surface area (Å²) in [5.41, 5.74) is 1.66. The average molecular weight is 342 g/mol. The number of carbonyl (C=O) groups excluding carboxylic acids is 1. The van der Waals surface area contributed by atoms with Crippen LogP contribution in [0.15, 0.2) is 36.7 Å². The number of aromatic nitrogens is 2. The second-order valence-electron chi connectivity index (χ2n) is 5.77. The quantitative estimate of drug-likeness (QED) is 0.891. The maximum Gasteiger partial charge on any atom is 0.227 e. The first-order chi connectivity index (χ1) is 12.2. The summed E-state index contributed by atoms with van der Waals surface area (Å²) < 4.78 is 11.0. The van der Waals surface area contributed by atoms with Gasteiger partial charge in [-0.15, -0.1) is 0 Å². The van der Waals surface area contributed by atoms with Gasteiger partial charge < -0.3 is 19.7 Å². The van der Waals surface area contributed by atoms with E-state index in [1.54, 1.807) is 26.6 Å². The minimum absolute atomic E-state index is 0.0662. The lowest BCUT2D eigenvalue weighted by atomic mass is 10.1. The molecule has 1 aromatic heterocycles.